The number of hydrogen-bond donors (Lipinski definition) is 2. The van der Waals surface area contributed by atoms with Crippen molar-refractivity contribution in [3.8, 4) is 0 Å². The van der Waals surface area contributed by atoms with Crippen LogP contribution in [0.1, 0.15) is 6.42 Å². The van der Waals surface area contributed by atoms with Gasteiger partial charge >= 0.3 is 0 Å². The van der Waals surface area contributed by atoms with Crippen molar-refractivity contribution in [3.63, 3.8) is 0 Å². The Morgan fingerprint density at radius 2 is 2.15 bits per heavy atom. The molecule has 0 aliphatic carbocycles. The maximum atomic E-state index is 10.9. The van der Waals surface area contributed by atoms with Crippen molar-refractivity contribution < 1.29 is 13.5 Å². The zero-order chi connectivity index (χ0) is 9.90. The molecule has 0 radical (unpaired) electrons. The Bertz CT molecular complexity index is 246. The van der Waals surface area contributed by atoms with Crippen molar-refractivity contribution in [2.24, 2.45) is 0 Å². The van der Waals surface area contributed by atoms with Gasteiger partial charge in [0, 0.05) is 25.7 Å². The second-order valence-corrected chi connectivity index (χ2v) is 5.29. The largest absolute Gasteiger partial charge is 0.396 e. The van der Waals surface area contributed by atoms with Crippen LogP contribution < -0.4 is 5.32 Å². The molecule has 0 atom stereocenters. The molecule has 0 aromatic heterocycles. The molecule has 1 fully saturated rings. The van der Waals surface area contributed by atoms with Gasteiger partial charge in [-0.2, -0.15) is 4.31 Å². The predicted molar refractivity (Wildman–Crippen MR) is 49.9 cm³/mol. The number of hydrogen-bond acceptors (Lipinski definition) is 4. The summed E-state index contributed by atoms with van der Waals surface area (Å²) in [7, 11) is -2.99. The fourth-order valence-corrected chi connectivity index (χ4v) is 2.12. The first-order chi connectivity index (χ1) is 6.04. The maximum Gasteiger partial charge on any atom is 0.211 e. The van der Waals surface area contributed by atoms with E-state index in [1.807, 2.05) is 0 Å². The number of nitrogens with zero attached hydrogens (tertiary/aromatic N) is 1. The molecule has 2 N–H and O–H groups in total. The van der Waals surface area contributed by atoms with Crippen molar-refractivity contribution in [1.82, 2.24) is 9.62 Å². The van der Waals surface area contributed by atoms with Crippen LogP contribution >= 0.6 is 0 Å². The monoisotopic (exact) mass is 208 g/mol. The van der Waals surface area contributed by atoms with Gasteiger partial charge in [0.1, 0.15) is 0 Å². The lowest BCUT2D eigenvalue weighted by Gasteiger charge is -2.37. The quantitative estimate of drug-likeness (QED) is 0.545. The van der Waals surface area contributed by atoms with E-state index in [0.29, 0.717) is 13.1 Å². The molecular weight excluding hydrogens is 192 g/mol. The first-order valence-electron chi connectivity index (χ1n) is 4.33. The maximum absolute atomic E-state index is 10.9. The Hall–Kier alpha value is -0.170. The first-order valence-corrected chi connectivity index (χ1v) is 6.18. The van der Waals surface area contributed by atoms with Crippen molar-refractivity contribution in [2.45, 2.75) is 12.5 Å². The van der Waals surface area contributed by atoms with Gasteiger partial charge in [-0.25, -0.2) is 8.42 Å². The van der Waals surface area contributed by atoms with Gasteiger partial charge < -0.3 is 10.4 Å². The van der Waals surface area contributed by atoms with Gasteiger partial charge in [0.2, 0.25) is 10.0 Å². The van der Waals surface area contributed by atoms with Gasteiger partial charge in [-0.15, -0.1) is 0 Å². The number of aliphatic hydroxyl groups is 1. The summed E-state index contributed by atoms with van der Waals surface area (Å²) in [6.45, 7) is 2.04. The summed E-state index contributed by atoms with van der Waals surface area (Å²) in [6.07, 6.45) is 1.94. The van der Waals surface area contributed by atoms with E-state index in [4.69, 9.17) is 5.11 Å². The van der Waals surface area contributed by atoms with Gasteiger partial charge in [0.15, 0.2) is 0 Å². The van der Waals surface area contributed by atoms with Crippen molar-refractivity contribution in [1.29, 1.82) is 0 Å². The van der Waals surface area contributed by atoms with E-state index < -0.39 is 10.0 Å². The van der Waals surface area contributed by atoms with Gasteiger partial charge in [-0.1, -0.05) is 0 Å². The Morgan fingerprint density at radius 1 is 1.54 bits per heavy atom. The lowest BCUT2D eigenvalue weighted by Crippen LogP contribution is -2.59. The summed E-state index contributed by atoms with van der Waals surface area (Å²) in [5, 5.41) is 11.7. The molecule has 1 aliphatic heterocycles. The van der Waals surface area contributed by atoms with E-state index in [1.54, 1.807) is 0 Å². The molecule has 0 aromatic rings. The molecule has 0 bridgehead atoms. The molecule has 1 rings (SSSR count). The van der Waals surface area contributed by atoms with Crippen molar-refractivity contribution in [3.05, 3.63) is 0 Å². The Morgan fingerprint density at radius 3 is 2.62 bits per heavy atom. The normalized spacial score (nSPS) is 20.2. The molecule has 1 heterocycles. The third kappa shape index (κ3) is 3.22. The smallest absolute Gasteiger partial charge is 0.211 e. The highest BCUT2D eigenvalue weighted by Gasteiger charge is 2.32. The zero-order valence-electron chi connectivity index (χ0n) is 7.73. The van der Waals surface area contributed by atoms with Gasteiger partial charge in [-0.05, 0) is 13.0 Å². The third-order valence-corrected chi connectivity index (χ3v) is 3.32. The summed E-state index contributed by atoms with van der Waals surface area (Å²) >= 11 is 0. The van der Waals surface area contributed by atoms with Gasteiger partial charge in [-0.3, -0.25) is 0 Å². The van der Waals surface area contributed by atoms with Crippen LogP contribution in [0.2, 0.25) is 0 Å². The fraction of sp³-hybridized carbons (Fsp3) is 1.00. The van der Waals surface area contributed by atoms with E-state index >= 15 is 0 Å². The average Bonchev–Trinajstić information content (AvgIpc) is 1.91. The average molecular weight is 208 g/mol. The van der Waals surface area contributed by atoms with Gasteiger partial charge in [0.25, 0.3) is 0 Å². The minimum Gasteiger partial charge on any atom is -0.396 e. The summed E-state index contributed by atoms with van der Waals surface area (Å²) in [6, 6.07) is 0.265. The van der Waals surface area contributed by atoms with E-state index in [0.717, 1.165) is 13.0 Å². The Balaban J connectivity index is 2.12. The van der Waals surface area contributed by atoms with E-state index in [-0.39, 0.29) is 12.6 Å². The van der Waals surface area contributed by atoms with Crippen LogP contribution in [0.3, 0.4) is 0 Å². The van der Waals surface area contributed by atoms with Crippen molar-refractivity contribution in [2.75, 3.05) is 32.5 Å². The standard InChI is InChI=1S/C7H16N2O3S/c1-13(11,12)9-5-7(6-9)8-3-2-4-10/h7-8,10H,2-6H2,1H3. The molecule has 1 saturated heterocycles. The van der Waals surface area contributed by atoms with Crippen LogP contribution in [-0.4, -0.2) is 56.4 Å². The lowest BCUT2D eigenvalue weighted by atomic mass is 10.2. The molecule has 13 heavy (non-hydrogen) atoms. The Labute approximate surface area is 78.8 Å². The van der Waals surface area contributed by atoms with Crippen LogP contribution in [0.25, 0.3) is 0 Å². The Kier molecular flexibility index (Phi) is 3.66. The zero-order valence-corrected chi connectivity index (χ0v) is 8.55. The highest BCUT2D eigenvalue weighted by molar-refractivity contribution is 7.88. The SMILES string of the molecule is CS(=O)(=O)N1CC(NCCCO)C1. The summed E-state index contributed by atoms with van der Waals surface area (Å²) in [5.74, 6) is 0. The highest BCUT2D eigenvalue weighted by Crippen LogP contribution is 2.11. The van der Waals surface area contributed by atoms with Crippen LogP contribution in [0.4, 0.5) is 0 Å². The lowest BCUT2D eigenvalue weighted by molar-refractivity contribution is 0.219. The second kappa shape index (κ2) is 4.36. The summed E-state index contributed by atoms with van der Waals surface area (Å²) in [4.78, 5) is 0. The second-order valence-electron chi connectivity index (χ2n) is 3.31. The molecule has 5 nitrogen and oxygen atoms in total. The number of nitrogens with one attached hydrogen (secondary N) is 1. The van der Waals surface area contributed by atoms with Crippen LogP contribution in [0.5, 0.6) is 0 Å². The first kappa shape index (κ1) is 10.9. The predicted octanol–water partition coefficient (Wildman–Crippen LogP) is -1.40. The highest BCUT2D eigenvalue weighted by atomic mass is 32.2. The van der Waals surface area contributed by atoms with E-state index in [9.17, 15) is 8.42 Å². The number of aliphatic hydroxyl groups excluding tert-OH is 1. The third-order valence-electron chi connectivity index (χ3n) is 2.08. The molecule has 0 spiro atoms. The van der Waals surface area contributed by atoms with E-state index in [1.165, 1.54) is 10.6 Å². The van der Waals surface area contributed by atoms with Crippen LogP contribution in [-0.2, 0) is 10.0 Å². The molecule has 78 valence electrons. The molecular formula is C7H16N2O3S. The fourth-order valence-electron chi connectivity index (χ4n) is 1.22. The molecule has 0 aromatic carbocycles. The van der Waals surface area contributed by atoms with E-state index in [2.05, 4.69) is 5.32 Å². The topological polar surface area (TPSA) is 69.6 Å². The molecule has 0 saturated carbocycles. The minimum atomic E-state index is -2.99. The molecule has 1 aliphatic rings. The number of sulfonamides is 1. The molecule has 0 amide bonds. The molecule has 6 heteroatoms. The number of rotatable bonds is 5. The minimum absolute atomic E-state index is 0.176. The van der Waals surface area contributed by atoms with Crippen LogP contribution in [0, 0.1) is 0 Å². The van der Waals surface area contributed by atoms with Crippen molar-refractivity contribution >= 4 is 10.0 Å². The van der Waals surface area contributed by atoms with Crippen LogP contribution in [0.15, 0.2) is 0 Å². The summed E-state index contributed by atoms with van der Waals surface area (Å²) < 4.78 is 23.3. The summed E-state index contributed by atoms with van der Waals surface area (Å²) in [5.41, 5.74) is 0. The van der Waals surface area contributed by atoms with Gasteiger partial charge in [0.05, 0.1) is 6.26 Å². The molecule has 0 unspecified atom stereocenters.